The van der Waals surface area contributed by atoms with Crippen LogP contribution in [0.4, 0.5) is 5.69 Å². The number of pyridine rings is 1. The summed E-state index contributed by atoms with van der Waals surface area (Å²) in [6.07, 6.45) is 3.90. The Bertz CT molecular complexity index is 273. The smallest absolute Gasteiger partial charge is 0.0540 e. The molecule has 0 aliphatic heterocycles. The van der Waals surface area contributed by atoms with Gasteiger partial charge in [-0.2, -0.15) is 0 Å². The van der Waals surface area contributed by atoms with E-state index in [1.807, 2.05) is 6.92 Å². The number of hydrogen-bond acceptors (Lipinski definition) is 3. The molecule has 0 radical (unpaired) electrons. The molecule has 0 bridgehead atoms. The maximum absolute atomic E-state index is 9.31. The molecule has 0 fully saturated rings. The van der Waals surface area contributed by atoms with Gasteiger partial charge < -0.3 is 10.8 Å². The normalized spacial score (nSPS) is 15.3. The fraction of sp³-hybridized carbons (Fsp3) is 0.500. The summed E-state index contributed by atoms with van der Waals surface area (Å²) in [4.78, 5) is 4.00. The molecule has 1 rings (SSSR count). The van der Waals surface area contributed by atoms with Crippen LogP contribution in [-0.2, 0) is 6.42 Å². The van der Waals surface area contributed by atoms with Crippen LogP contribution in [0, 0.1) is 5.92 Å². The average Bonchev–Trinajstić information content (AvgIpc) is 2.08. The Kier molecular flexibility index (Phi) is 3.25. The topological polar surface area (TPSA) is 59.1 Å². The first kappa shape index (κ1) is 9.99. The zero-order chi connectivity index (χ0) is 9.84. The zero-order valence-electron chi connectivity index (χ0n) is 8.07. The fourth-order valence-corrected chi connectivity index (χ4v) is 1.13. The number of aliphatic hydroxyl groups excluding tert-OH is 1. The number of rotatable bonds is 3. The zero-order valence-corrected chi connectivity index (χ0v) is 8.07. The highest BCUT2D eigenvalue weighted by molar-refractivity contribution is 5.44. The van der Waals surface area contributed by atoms with Crippen LogP contribution in [0.25, 0.3) is 0 Å². The quantitative estimate of drug-likeness (QED) is 0.735. The van der Waals surface area contributed by atoms with Gasteiger partial charge in [0.2, 0.25) is 0 Å². The van der Waals surface area contributed by atoms with E-state index in [9.17, 15) is 5.11 Å². The molecule has 3 heteroatoms. The largest absolute Gasteiger partial charge is 0.398 e. The van der Waals surface area contributed by atoms with E-state index in [0.717, 1.165) is 17.7 Å². The van der Waals surface area contributed by atoms with E-state index in [0.29, 0.717) is 0 Å². The minimum Gasteiger partial charge on any atom is -0.398 e. The molecule has 1 heterocycles. The van der Waals surface area contributed by atoms with Crippen LogP contribution in [0.2, 0.25) is 0 Å². The van der Waals surface area contributed by atoms with Gasteiger partial charge in [-0.1, -0.05) is 6.92 Å². The second kappa shape index (κ2) is 4.23. The molecule has 0 aliphatic rings. The molecule has 13 heavy (non-hydrogen) atoms. The molecule has 3 nitrogen and oxygen atoms in total. The van der Waals surface area contributed by atoms with Crippen LogP contribution in [0.15, 0.2) is 18.5 Å². The standard InChI is InChI=1S/C10H16N2O/c1-7(8(2)13)5-9-6-12-4-3-10(9)11/h3-4,6-8,13H,5H2,1-2H3,(H2,11,12). The summed E-state index contributed by atoms with van der Waals surface area (Å²) >= 11 is 0. The van der Waals surface area contributed by atoms with Crippen molar-refractivity contribution in [2.24, 2.45) is 5.92 Å². The summed E-state index contributed by atoms with van der Waals surface area (Å²) in [5, 5.41) is 9.31. The van der Waals surface area contributed by atoms with E-state index in [1.54, 1.807) is 25.4 Å². The van der Waals surface area contributed by atoms with Crippen LogP contribution in [0.3, 0.4) is 0 Å². The fourth-order valence-electron chi connectivity index (χ4n) is 1.13. The molecule has 1 aromatic rings. The molecule has 0 saturated carbocycles. The van der Waals surface area contributed by atoms with E-state index in [2.05, 4.69) is 4.98 Å². The Morgan fingerprint density at radius 2 is 2.23 bits per heavy atom. The lowest BCUT2D eigenvalue weighted by Gasteiger charge is -2.14. The monoisotopic (exact) mass is 180 g/mol. The van der Waals surface area contributed by atoms with Gasteiger partial charge in [0.25, 0.3) is 0 Å². The van der Waals surface area contributed by atoms with Gasteiger partial charge in [-0.3, -0.25) is 4.98 Å². The van der Waals surface area contributed by atoms with Crippen LogP contribution in [-0.4, -0.2) is 16.2 Å². The van der Waals surface area contributed by atoms with Gasteiger partial charge in [-0.15, -0.1) is 0 Å². The van der Waals surface area contributed by atoms with Crippen molar-refractivity contribution in [3.8, 4) is 0 Å². The van der Waals surface area contributed by atoms with Gasteiger partial charge in [-0.05, 0) is 30.9 Å². The van der Waals surface area contributed by atoms with Crippen LogP contribution in [0.1, 0.15) is 19.4 Å². The molecule has 0 saturated heterocycles. The van der Waals surface area contributed by atoms with Crippen molar-refractivity contribution in [2.45, 2.75) is 26.4 Å². The molecule has 0 spiro atoms. The number of hydrogen-bond donors (Lipinski definition) is 2. The number of nitrogen functional groups attached to an aromatic ring is 1. The Hall–Kier alpha value is -1.09. The van der Waals surface area contributed by atoms with Crippen molar-refractivity contribution in [3.63, 3.8) is 0 Å². The van der Waals surface area contributed by atoms with Gasteiger partial charge in [-0.25, -0.2) is 0 Å². The number of anilines is 1. The second-order valence-corrected chi connectivity index (χ2v) is 3.50. The molecule has 1 aromatic heterocycles. The number of aliphatic hydroxyl groups is 1. The molecule has 2 unspecified atom stereocenters. The van der Waals surface area contributed by atoms with Crippen molar-refractivity contribution in [2.75, 3.05) is 5.73 Å². The summed E-state index contributed by atoms with van der Waals surface area (Å²) < 4.78 is 0. The first-order valence-corrected chi connectivity index (χ1v) is 4.47. The maximum Gasteiger partial charge on any atom is 0.0540 e. The first-order chi connectivity index (χ1) is 6.11. The van der Waals surface area contributed by atoms with Crippen LogP contribution < -0.4 is 5.73 Å². The van der Waals surface area contributed by atoms with Gasteiger partial charge >= 0.3 is 0 Å². The van der Waals surface area contributed by atoms with Crippen LogP contribution >= 0.6 is 0 Å². The SMILES string of the molecule is CC(O)C(C)Cc1cnccc1N. The Morgan fingerprint density at radius 3 is 2.77 bits per heavy atom. The Balaban J connectivity index is 2.69. The average molecular weight is 180 g/mol. The minimum atomic E-state index is -0.306. The second-order valence-electron chi connectivity index (χ2n) is 3.50. The Morgan fingerprint density at radius 1 is 1.54 bits per heavy atom. The molecular formula is C10H16N2O. The minimum absolute atomic E-state index is 0.214. The molecule has 2 atom stereocenters. The van der Waals surface area contributed by atoms with Gasteiger partial charge in [0.1, 0.15) is 0 Å². The molecule has 0 amide bonds. The van der Waals surface area contributed by atoms with E-state index < -0.39 is 0 Å². The van der Waals surface area contributed by atoms with E-state index in [-0.39, 0.29) is 12.0 Å². The van der Waals surface area contributed by atoms with Gasteiger partial charge in [0, 0.05) is 18.1 Å². The van der Waals surface area contributed by atoms with E-state index in [1.165, 1.54) is 0 Å². The molecule has 0 aromatic carbocycles. The van der Waals surface area contributed by atoms with Crippen molar-refractivity contribution in [1.82, 2.24) is 4.98 Å². The van der Waals surface area contributed by atoms with Crippen molar-refractivity contribution >= 4 is 5.69 Å². The first-order valence-electron chi connectivity index (χ1n) is 4.47. The lowest BCUT2D eigenvalue weighted by molar-refractivity contribution is 0.135. The molecule has 3 N–H and O–H groups in total. The van der Waals surface area contributed by atoms with Gasteiger partial charge in [0.05, 0.1) is 6.10 Å². The summed E-state index contributed by atoms with van der Waals surface area (Å²) in [6, 6.07) is 1.78. The highest BCUT2D eigenvalue weighted by Gasteiger charge is 2.10. The molecular weight excluding hydrogens is 164 g/mol. The predicted octanol–water partition coefficient (Wildman–Crippen LogP) is 1.22. The summed E-state index contributed by atoms with van der Waals surface area (Å²) in [6.45, 7) is 3.79. The number of nitrogens with two attached hydrogens (primary N) is 1. The van der Waals surface area contributed by atoms with Crippen LogP contribution in [0.5, 0.6) is 0 Å². The number of nitrogens with zero attached hydrogens (tertiary/aromatic N) is 1. The summed E-state index contributed by atoms with van der Waals surface area (Å²) in [5.41, 5.74) is 7.51. The summed E-state index contributed by atoms with van der Waals surface area (Å²) in [5.74, 6) is 0.214. The third-order valence-corrected chi connectivity index (χ3v) is 2.31. The van der Waals surface area contributed by atoms with Gasteiger partial charge in [0.15, 0.2) is 0 Å². The lowest BCUT2D eigenvalue weighted by Crippen LogP contribution is -2.16. The Labute approximate surface area is 78.6 Å². The van der Waals surface area contributed by atoms with Crippen molar-refractivity contribution in [3.05, 3.63) is 24.0 Å². The van der Waals surface area contributed by atoms with E-state index in [4.69, 9.17) is 5.73 Å². The molecule has 72 valence electrons. The number of aromatic nitrogens is 1. The highest BCUT2D eigenvalue weighted by atomic mass is 16.3. The third kappa shape index (κ3) is 2.70. The predicted molar refractivity (Wildman–Crippen MR) is 53.2 cm³/mol. The van der Waals surface area contributed by atoms with E-state index >= 15 is 0 Å². The van der Waals surface area contributed by atoms with Crippen molar-refractivity contribution in [1.29, 1.82) is 0 Å². The molecule has 0 aliphatic carbocycles. The lowest BCUT2D eigenvalue weighted by atomic mass is 9.97. The highest BCUT2D eigenvalue weighted by Crippen LogP contribution is 2.16. The van der Waals surface area contributed by atoms with Crippen molar-refractivity contribution < 1.29 is 5.11 Å². The maximum atomic E-state index is 9.31. The summed E-state index contributed by atoms with van der Waals surface area (Å²) in [7, 11) is 0. The third-order valence-electron chi connectivity index (χ3n) is 2.31.